The van der Waals surface area contributed by atoms with Crippen molar-refractivity contribution < 1.29 is 4.74 Å². The van der Waals surface area contributed by atoms with Crippen molar-refractivity contribution in [1.29, 1.82) is 0 Å². The fraction of sp³-hybridized carbons (Fsp3) is 0.571. The highest BCUT2D eigenvalue weighted by atomic mass is 79.9. The second kappa shape index (κ2) is 8.51. The fourth-order valence-electron chi connectivity index (χ4n) is 1.52. The molecule has 0 atom stereocenters. The second-order valence-corrected chi connectivity index (χ2v) is 5.44. The standard InChI is InChI=1S/C14H23BrN2O/c1-4-7-16-11-12-10-13(5-6-14(12)15)18-9-8-17(2)3/h5-6,10,16H,4,7-9,11H2,1-3H3. The Bertz CT molecular complexity index is 356. The first kappa shape index (κ1) is 15.5. The molecular formula is C14H23BrN2O. The smallest absolute Gasteiger partial charge is 0.119 e. The van der Waals surface area contributed by atoms with Crippen LogP contribution in [0.1, 0.15) is 18.9 Å². The number of ether oxygens (including phenoxy) is 1. The Morgan fingerprint density at radius 3 is 2.78 bits per heavy atom. The van der Waals surface area contributed by atoms with Gasteiger partial charge >= 0.3 is 0 Å². The Balaban J connectivity index is 2.51. The maximum Gasteiger partial charge on any atom is 0.119 e. The highest BCUT2D eigenvalue weighted by Gasteiger charge is 2.02. The average Bonchev–Trinajstić information content (AvgIpc) is 2.33. The van der Waals surface area contributed by atoms with E-state index in [0.717, 1.165) is 42.9 Å². The molecule has 4 heteroatoms. The lowest BCUT2D eigenvalue weighted by Crippen LogP contribution is -2.19. The van der Waals surface area contributed by atoms with Crippen LogP contribution in [0.3, 0.4) is 0 Å². The summed E-state index contributed by atoms with van der Waals surface area (Å²) in [4.78, 5) is 2.11. The minimum Gasteiger partial charge on any atom is -0.492 e. The predicted octanol–water partition coefficient (Wildman–Crippen LogP) is 2.89. The summed E-state index contributed by atoms with van der Waals surface area (Å²) in [5.41, 5.74) is 1.24. The molecule has 0 spiro atoms. The number of rotatable bonds is 8. The van der Waals surface area contributed by atoms with Gasteiger partial charge in [-0.2, -0.15) is 0 Å². The summed E-state index contributed by atoms with van der Waals surface area (Å²) in [6.45, 7) is 5.73. The number of halogens is 1. The molecule has 0 saturated carbocycles. The number of nitrogens with zero attached hydrogens (tertiary/aromatic N) is 1. The molecule has 3 nitrogen and oxygen atoms in total. The molecule has 0 saturated heterocycles. The van der Waals surface area contributed by atoms with Gasteiger partial charge in [0.25, 0.3) is 0 Å². The molecule has 1 aromatic carbocycles. The van der Waals surface area contributed by atoms with Crippen LogP contribution in [0, 0.1) is 0 Å². The maximum atomic E-state index is 5.73. The molecule has 0 aliphatic rings. The minimum absolute atomic E-state index is 0.719. The van der Waals surface area contributed by atoms with Gasteiger partial charge in [0.2, 0.25) is 0 Å². The van der Waals surface area contributed by atoms with Crippen molar-refractivity contribution in [3.8, 4) is 5.75 Å². The van der Waals surface area contributed by atoms with Crippen LogP contribution < -0.4 is 10.1 Å². The van der Waals surface area contributed by atoms with Gasteiger partial charge in [0.15, 0.2) is 0 Å². The molecule has 1 N–H and O–H groups in total. The monoisotopic (exact) mass is 314 g/mol. The van der Waals surface area contributed by atoms with E-state index in [9.17, 15) is 0 Å². The summed E-state index contributed by atoms with van der Waals surface area (Å²) in [6.07, 6.45) is 1.15. The van der Waals surface area contributed by atoms with Crippen molar-refractivity contribution in [2.45, 2.75) is 19.9 Å². The molecule has 0 amide bonds. The molecular weight excluding hydrogens is 292 g/mol. The first-order valence-corrected chi connectivity index (χ1v) is 7.19. The van der Waals surface area contributed by atoms with Crippen molar-refractivity contribution in [1.82, 2.24) is 10.2 Å². The van der Waals surface area contributed by atoms with Gasteiger partial charge < -0.3 is 15.0 Å². The number of benzene rings is 1. The highest BCUT2D eigenvalue weighted by molar-refractivity contribution is 9.10. The van der Waals surface area contributed by atoms with Crippen molar-refractivity contribution in [3.63, 3.8) is 0 Å². The van der Waals surface area contributed by atoms with E-state index in [-0.39, 0.29) is 0 Å². The second-order valence-electron chi connectivity index (χ2n) is 4.58. The summed E-state index contributed by atoms with van der Waals surface area (Å²) in [5.74, 6) is 0.938. The Morgan fingerprint density at radius 2 is 2.11 bits per heavy atom. The van der Waals surface area contributed by atoms with E-state index in [1.807, 2.05) is 26.2 Å². The third kappa shape index (κ3) is 5.85. The molecule has 0 radical (unpaired) electrons. The van der Waals surface area contributed by atoms with Crippen LogP contribution in [0.2, 0.25) is 0 Å². The molecule has 0 unspecified atom stereocenters. The minimum atomic E-state index is 0.719. The summed E-state index contributed by atoms with van der Waals surface area (Å²) < 4.78 is 6.86. The number of hydrogen-bond acceptors (Lipinski definition) is 3. The molecule has 18 heavy (non-hydrogen) atoms. The lowest BCUT2D eigenvalue weighted by Gasteiger charge is -2.13. The zero-order chi connectivity index (χ0) is 13.4. The summed E-state index contributed by atoms with van der Waals surface area (Å²) in [6, 6.07) is 6.15. The number of likely N-dealkylation sites (N-methyl/N-ethyl adjacent to an activating group) is 1. The summed E-state index contributed by atoms with van der Waals surface area (Å²) >= 11 is 3.57. The van der Waals surface area contributed by atoms with Gasteiger partial charge in [-0.25, -0.2) is 0 Å². The Kier molecular flexibility index (Phi) is 7.32. The predicted molar refractivity (Wildman–Crippen MR) is 80.2 cm³/mol. The largest absolute Gasteiger partial charge is 0.492 e. The van der Waals surface area contributed by atoms with Gasteiger partial charge in [0, 0.05) is 17.6 Å². The normalized spacial score (nSPS) is 10.9. The van der Waals surface area contributed by atoms with E-state index in [1.54, 1.807) is 0 Å². The van der Waals surface area contributed by atoms with Crippen molar-refractivity contribution in [2.75, 3.05) is 33.8 Å². The van der Waals surface area contributed by atoms with Crippen LogP contribution in [0.5, 0.6) is 5.75 Å². The molecule has 102 valence electrons. The summed E-state index contributed by atoms with van der Waals surface area (Å²) in [7, 11) is 4.09. The van der Waals surface area contributed by atoms with Gasteiger partial charge in [0.1, 0.15) is 12.4 Å². The SMILES string of the molecule is CCCNCc1cc(OCCN(C)C)ccc1Br. The number of nitrogens with one attached hydrogen (secondary N) is 1. The third-order valence-corrected chi connectivity index (χ3v) is 3.34. The lowest BCUT2D eigenvalue weighted by molar-refractivity contribution is 0.261. The van der Waals surface area contributed by atoms with E-state index in [0.29, 0.717) is 0 Å². The van der Waals surface area contributed by atoms with Crippen molar-refractivity contribution in [2.24, 2.45) is 0 Å². The van der Waals surface area contributed by atoms with Gasteiger partial charge in [-0.15, -0.1) is 0 Å². The molecule has 1 aromatic rings. The van der Waals surface area contributed by atoms with Gasteiger partial charge in [0.05, 0.1) is 0 Å². The Morgan fingerprint density at radius 1 is 1.33 bits per heavy atom. The van der Waals surface area contributed by atoms with E-state index in [2.05, 4.69) is 39.1 Å². The topological polar surface area (TPSA) is 24.5 Å². The van der Waals surface area contributed by atoms with Crippen LogP contribution in [0.25, 0.3) is 0 Å². The number of hydrogen-bond donors (Lipinski definition) is 1. The van der Waals surface area contributed by atoms with Gasteiger partial charge in [-0.3, -0.25) is 0 Å². The maximum absolute atomic E-state index is 5.73. The van der Waals surface area contributed by atoms with E-state index >= 15 is 0 Å². The highest BCUT2D eigenvalue weighted by Crippen LogP contribution is 2.22. The first-order valence-electron chi connectivity index (χ1n) is 6.40. The van der Waals surface area contributed by atoms with E-state index in [4.69, 9.17) is 4.74 Å². The van der Waals surface area contributed by atoms with Crippen LogP contribution in [0.4, 0.5) is 0 Å². The summed E-state index contributed by atoms with van der Waals surface area (Å²) in [5, 5.41) is 3.40. The van der Waals surface area contributed by atoms with Crippen LogP contribution in [-0.2, 0) is 6.54 Å². The van der Waals surface area contributed by atoms with Crippen molar-refractivity contribution in [3.05, 3.63) is 28.2 Å². The van der Waals surface area contributed by atoms with E-state index in [1.165, 1.54) is 5.56 Å². The quantitative estimate of drug-likeness (QED) is 0.747. The van der Waals surface area contributed by atoms with Crippen LogP contribution in [-0.4, -0.2) is 38.7 Å². The third-order valence-electron chi connectivity index (χ3n) is 2.57. The molecule has 1 rings (SSSR count). The molecule has 0 bridgehead atoms. The van der Waals surface area contributed by atoms with E-state index < -0.39 is 0 Å². The molecule has 0 fully saturated rings. The molecule has 0 aromatic heterocycles. The van der Waals surface area contributed by atoms with Crippen molar-refractivity contribution >= 4 is 15.9 Å². The zero-order valence-corrected chi connectivity index (χ0v) is 13.1. The zero-order valence-electron chi connectivity index (χ0n) is 11.5. The van der Waals surface area contributed by atoms with Gasteiger partial charge in [-0.05, 0) is 50.8 Å². The Labute approximate surface area is 119 Å². The molecule has 0 aliphatic carbocycles. The van der Waals surface area contributed by atoms with Crippen LogP contribution >= 0.6 is 15.9 Å². The Hall–Kier alpha value is -0.580. The average molecular weight is 315 g/mol. The molecule has 0 heterocycles. The first-order chi connectivity index (χ1) is 8.63. The lowest BCUT2D eigenvalue weighted by atomic mass is 10.2. The fourth-order valence-corrected chi connectivity index (χ4v) is 1.91. The van der Waals surface area contributed by atoms with Crippen LogP contribution in [0.15, 0.2) is 22.7 Å². The van der Waals surface area contributed by atoms with Gasteiger partial charge in [-0.1, -0.05) is 22.9 Å². The molecule has 0 aliphatic heterocycles.